The van der Waals surface area contributed by atoms with E-state index in [0.29, 0.717) is 31.0 Å². The first-order chi connectivity index (χ1) is 9.06. The van der Waals surface area contributed by atoms with Crippen molar-refractivity contribution in [2.24, 2.45) is 0 Å². The van der Waals surface area contributed by atoms with Gasteiger partial charge in [-0.15, -0.1) is 0 Å². The van der Waals surface area contributed by atoms with Gasteiger partial charge in [0.25, 0.3) is 0 Å². The second-order valence-electron chi connectivity index (χ2n) is 4.98. The van der Waals surface area contributed by atoms with Crippen molar-refractivity contribution in [1.29, 1.82) is 0 Å². The summed E-state index contributed by atoms with van der Waals surface area (Å²) in [6, 6.07) is 5.61. The van der Waals surface area contributed by atoms with Crippen molar-refractivity contribution in [3.05, 3.63) is 23.8 Å². The van der Waals surface area contributed by atoms with Crippen LogP contribution in [0, 0.1) is 6.92 Å². The molecule has 3 rings (SSSR count). The minimum Gasteiger partial charge on any atom is -0.489 e. The lowest BCUT2D eigenvalue weighted by Gasteiger charge is -2.20. The molecule has 0 aromatic heterocycles. The highest BCUT2D eigenvalue weighted by molar-refractivity contribution is 7.93. The van der Waals surface area contributed by atoms with E-state index in [1.54, 1.807) is 0 Å². The van der Waals surface area contributed by atoms with E-state index in [4.69, 9.17) is 9.47 Å². The summed E-state index contributed by atoms with van der Waals surface area (Å²) in [6.07, 6.45) is 0.824. The van der Waals surface area contributed by atoms with Crippen LogP contribution < -0.4 is 9.04 Å². The Bertz CT molecular complexity index is 580. The molecule has 19 heavy (non-hydrogen) atoms. The van der Waals surface area contributed by atoms with Crippen LogP contribution in [0.5, 0.6) is 5.75 Å². The molecule has 1 atom stereocenters. The van der Waals surface area contributed by atoms with Gasteiger partial charge < -0.3 is 9.47 Å². The fourth-order valence-corrected chi connectivity index (χ4v) is 3.77. The van der Waals surface area contributed by atoms with E-state index >= 15 is 0 Å². The van der Waals surface area contributed by atoms with Crippen LogP contribution in [0.15, 0.2) is 18.2 Å². The molecule has 104 valence electrons. The fraction of sp³-hybridized carbons (Fsp3) is 0.538. The predicted molar refractivity (Wildman–Crippen MR) is 72.2 cm³/mol. The number of hydrogen-bond donors (Lipinski definition) is 0. The lowest BCUT2D eigenvalue weighted by atomic mass is 10.2. The summed E-state index contributed by atoms with van der Waals surface area (Å²) in [5, 5.41) is 0. The minimum absolute atomic E-state index is 0.156. The third-order valence-corrected chi connectivity index (χ3v) is 5.17. The molecule has 2 saturated heterocycles. The number of rotatable bonds is 4. The quantitative estimate of drug-likeness (QED) is 0.782. The number of anilines is 1. The van der Waals surface area contributed by atoms with Gasteiger partial charge in [-0.1, -0.05) is 6.07 Å². The second-order valence-corrected chi connectivity index (χ2v) is 6.99. The van der Waals surface area contributed by atoms with Gasteiger partial charge in [0, 0.05) is 6.54 Å². The second kappa shape index (κ2) is 4.68. The maximum atomic E-state index is 12.0. The Morgan fingerprint density at radius 1 is 1.47 bits per heavy atom. The predicted octanol–water partition coefficient (Wildman–Crippen LogP) is 1.31. The van der Waals surface area contributed by atoms with Crippen LogP contribution in [0.1, 0.15) is 12.0 Å². The molecule has 2 aliphatic rings. The van der Waals surface area contributed by atoms with Gasteiger partial charge in [0.1, 0.15) is 18.5 Å². The molecule has 0 bridgehead atoms. The van der Waals surface area contributed by atoms with Gasteiger partial charge in [-0.05, 0) is 31.0 Å². The third-order valence-electron chi connectivity index (χ3n) is 3.31. The van der Waals surface area contributed by atoms with Crippen LogP contribution >= 0.6 is 0 Å². The molecular formula is C13H17NO4S. The topological polar surface area (TPSA) is 59.1 Å². The zero-order valence-corrected chi connectivity index (χ0v) is 11.6. The molecule has 6 heteroatoms. The highest BCUT2D eigenvalue weighted by atomic mass is 32.2. The molecule has 1 aromatic carbocycles. The molecular weight excluding hydrogens is 266 g/mol. The number of sulfonamides is 1. The monoisotopic (exact) mass is 283 g/mol. The van der Waals surface area contributed by atoms with Crippen molar-refractivity contribution in [3.8, 4) is 5.75 Å². The number of aryl methyl sites for hydroxylation is 1. The molecule has 0 unspecified atom stereocenters. The Hall–Kier alpha value is -1.27. The van der Waals surface area contributed by atoms with Crippen molar-refractivity contribution < 1.29 is 17.9 Å². The van der Waals surface area contributed by atoms with E-state index in [1.807, 2.05) is 25.1 Å². The van der Waals surface area contributed by atoms with Crippen molar-refractivity contribution >= 4 is 15.7 Å². The smallest absolute Gasteiger partial charge is 0.235 e. The first-order valence-electron chi connectivity index (χ1n) is 6.42. The summed E-state index contributed by atoms with van der Waals surface area (Å²) in [6.45, 7) is 3.69. The molecule has 2 heterocycles. The van der Waals surface area contributed by atoms with Gasteiger partial charge >= 0.3 is 0 Å². The van der Waals surface area contributed by atoms with Gasteiger partial charge in [0.2, 0.25) is 10.0 Å². The number of benzene rings is 1. The van der Waals surface area contributed by atoms with E-state index in [2.05, 4.69) is 0 Å². The first kappa shape index (κ1) is 12.7. The normalized spacial score (nSPS) is 24.5. The maximum absolute atomic E-state index is 12.0. The summed E-state index contributed by atoms with van der Waals surface area (Å²) < 4.78 is 36.3. The number of ether oxygens (including phenoxy) is 2. The maximum Gasteiger partial charge on any atom is 0.235 e. The number of epoxide rings is 1. The van der Waals surface area contributed by atoms with Crippen LogP contribution in [0.3, 0.4) is 0 Å². The Morgan fingerprint density at radius 2 is 2.26 bits per heavy atom. The molecule has 0 radical (unpaired) electrons. The average Bonchev–Trinajstić information content (AvgIpc) is 3.11. The summed E-state index contributed by atoms with van der Waals surface area (Å²) in [5.41, 5.74) is 1.69. The first-order valence-corrected chi connectivity index (χ1v) is 8.03. The van der Waals surface area contributed by atoms with Gasteiger partial charge in [0.05, 0.1) is 18.0 Å². The standard InChI is InChI=1S/C13H17NO4S/c1-10-3-4-12(14-5-2-6-19(14,15)16)13(7-10)18-9-11-8-17-11/h3-4,7,11H,2,5-6,8-9H2,1H3/t11-/m0/s1. The van der Waals surface area contributed by atoms with Crippen LogP contribution in [-0.4, -0.2) is 40.0 Å². The zero-order valence-electron chi connectivity index (χ0n) is 10.8. The zero-order chi connectivity index (χ0) is 13.5. The SMILES string of the molecule is Cc1ccc(N2CCCS2(=O)=O)c(OC[C@@H]2CO2)c1. The molecule has 0 amide bonds. The van der Waals surface area contributed by atoms with Crippen molar-refractivity contribution in [1.82, 2.24) is 0 Å². The Labute approximate surface area is 113 Å². The summed E-state index contributed by atoms with van der Waals surface area (Å²) in [4.78, 5) is 0. The van der Waals surface area contributed by atoms with Crippen LogP contribution in [-0.2, 0) is 14.8 Å². The fourth-order valence-electron chi connectivity index (χ4n) is 2.20. The largest absolute Gasteiger partial charge is 0.489 e. The molecule has 0 aliphatic carbocycles. The molecule has 1 aromatic rings. The van der Waals surface area contributed by atoms with E-state index in [0.717, 1.165) is 12.2 Å². The Morgan fingerprint density at radius 3 is 2.89 bits per heavy atom. The molecule has 2 aliphatic heterocycles. The van der Waals surface area contributed by atoms with Crippen LogP contribution in [0.4, 0.5) is 5.69 Å². The summed E-state index contributed by atoms with van der Waals surface area (Å²) >= 11 is 0. The van der Waals surface area contributed by atoms with Crippen LogP contribution in [0.2, 0.25) is 0 Å². The van der Waals surface area contributed by atoms with Gasteiger partial charge in [-0.25, -0.2) is 8.42 Å². The Kier molecular flexibility index (Phi) is 3.14. The van der Waals surface area contributed by atoms with Gasteiger partial charge in [0.15, 0.2) is 0 Å². The third kappa shape index (κ3) is 2.69. The lowest BCUT2D eigenvalue weighted by Crippen LogP contribution is -2.26. The lowest BCUT2D eigenvalue weighted by molar-refractivity contribution is 0.263. The highest BCUT2D eigenvalue weighted by Gasteiger charge is 2.31. The minimum atomic E-state index is -3.18. The highest BCUT2D eigenvalue weighted by Crippen LogP contribution is 2.34. The molecule has 2 fully saturated rings. The molecule has 5 nitrogen and oxygen atoms in total. The Balaban J connectivity index is 1.90. The number of nitrogens with zero attached hydrogens (tertiary/aromatic N) is 1. The van der Waals surface area contributed by atoms with Gasteiger partial charge in [-0.3, -0.25) is 4.31 Å². The van der Waals surface area contributed by atoms with E-state index in [9.17, 15) is 8.42 Å². The van der Waals surface area contributed by atoms with Gasteiger partial charge in [-0.2, -0.15) is 0 Å². The van der Waals surface area contributed by atoms with E-state index in [1.165, 1.54) is 4.31 Å². The van der Waals surface area contributed by atoms with Crippen molar-refractivity contribution in [3.63, 3.8) is 0 Å². The van der Waals surface area contributed by atoms with E-state index < -0.39 is 10.0 Å². The van der Waals surface area contributed by atoms with Crippen LogP contribution in [0.25, 0.3) is 0 Å². The summed E-state index contributed by atoms with van der Waals surface area (Å²) in [5.74, 6) is 0.840. The van der Waals surface area contributed by atoms with Crippen molar-refractivity contribution in [2.75, 3.05) is 29.8 Å². The molecule has 0 saturated carbocycles. The molecule has 0 N–H and O–H groups in total. The van der Waals surface area contributed by atoms with Crippen molar-refractivity contribution in [2.45, 2.75) is 19.4 Å². The van der Waals surface area contributed by atoms with E-state index in [-0.39, 0.29) is 11.9 Å². The number of hydrogen-bond acceptors (Lipinski definition) is 4. The average molecular weight is 283 g/mol. The summed E-state index contributed by atoms with van der Waals surface area (Å²) in [7, 11) is -3.18. The molecule has 0 spiro atoms.